The van der Waals surface area contributed by atoms with Crippen LogP contribution >= 0.6 is 0 Å². The molecule has 0 fully saturated rings. The van der Waals surface area contributed by atoms with E-state index in [0.29, 0.717) is 0 Å². The lowest BCUT2D eigenvalue weighted by Gasteiger charge is -2.14. The van der Waals surface area contributed by atoms with E-state index in [4.69, 9.17) is 0 Å². The molecule has 0 saturated carbocycles. The third-order valence-corrected chi connectivity index (χ3v) is 3.13. The summed E-state index contributed by atoms with van der Waals surface area (Å²) >= 11 is 0. The molecular formula is C14H23N7. The standard InChI is InChI=1S/C14H23N7/c1-4-6-15-13-11(2)14(19-12(3)18-13)16-7-5-9-21-10-8-17-20-21/h8,10H,4-7,9H2,1-3H3,(H2,15,16,18,19). The van der Waals surface area contributed by atoms with E-state index < -0.39 is 0 Å². The maximum atomic E-state index is 4.48. The molecule has 0 aliphatic rings. The number of rotatable bonds is 8. The van der Waals surface area contributed by atoms with Crippen LogP contribution in [0.15, 0.2) is 12.4 Å². The van der Waals surface area contributed by atoms with Gasteiger partial charge in [-0.25, -0.2) is 9.97 Å². The summed E-state index contributed by atoms with van der Waals surface area (Å²) in [6.07, 6.45) is 5.59. The van der Waals surface area contributed by atoms with Crippen LogP contribution in [0, 0.1) is 13.8 Å². The minimum Gasteiger partial charge on any atom is -0.370 e. The van der Waals surface area contributed by atoms with Crippen molar-refractivity contribution in [1.29, 1.82) is 0 Å². The monoisotopic (exact) mass is 289 g/mol. The first kappa shape index (κ1) is 15.2. The van der Waals surface area contributed by atoms with Crippen molar-refractivity contribution in [2.75, 3.05) is 23.7 Å². The Morgan fingerprint density at radius 1 is 1.10 bits per heavy atom. The molecule has 0 spiro atoms. The first-order chi connectivity index (χ1) is 10.2. The van der Waals surface area contributed by atoms with Crippen molar-refractivity contribution in [2.45, 2.75) is 40.2 Å². The summed E-state index contributed by atoms with van der Waals surface area (Å²) in [5.41, 5.74) is 1.06. The molecule has 0 saturated heterocycles. The van der Waals surface area contributed by atoms with E-state index in [2.05, 4.69) is 37.8 Å². The fourth-order valence-electron chi connectivity index (χ4n) is 2.02. The Bertz CT molecular complexity index is 551. The summed E-state index contributed by atoms with van der Waals surface area (Å²) in [5, 5.41) is 14.5. The molecule has 0 atom stereocenters. The van der Waals surface area contributed by atoms with Crippen LogP contribution in [0.4, 0.5) is 11.6 Å². The molecule has 0 aromatic carbocycles. The zero-order valence-electron chi connectivity index (χ0n) is 12.9. The van der Waals surface area contributed by atoms with Crippen molar-refractivity contribution in [3.8, 4) is 0 Å². The molecule has 0 radical (unpaired) electrons. The summed E-state index contributed by atoms with van der Waals surface area (Å²) in [6, 6.07) is 0. The SMILES string of the molecule is CCCNc1nc(C)nc(NCCCn2ccnn2)c1C. The largest absolute Gasteiger partial charge is 0.370 e. The molecule has 0 aliphatic carbocycles. The van der Waals surface area contributed by atoms with E-state index in [1.165, 1.54) is 0 Å². The van der Waals surface area contributed by atoms with Gasteiger partial charge in [-0.05, 0) is 26.7 Å². The Morgan fingerprint density at radius 3 is 2.43 bits per heavy atom. The maximum absolute atomic E-state index is 4.48. The second-order valence-electron chi connectivity index (χ2n) is 4.97. The molecule has 2 heterocycles. The Kier molecular flexibility index (Phi) is 5.48. The van der Waals surface area contributed by atoms with Gasteiger partial charge in [0.15, 0.2) is 0 Å². The van der Waals surface area contributed by atoms with Gasteiger partial charge in [0.25, 0.3) is 0 Å². The van der Waals surface area contributed by atoms with Crippen molar-refractivity contribution >= 4 is 11.6 Å². The van der Waals surface area contributed by atoms with Gasteiger partial charge in [0.05, 0.1) is 6.20 Å². The van der Waals surface area contributed by atoms with E-state index in [-0.39, 0.29) is 0 Å². The normalized spacial score (nSPS) is 10.6. The summed E-state index contributed by atoms with van der Waals surface area (Å²) in [7, 11) is 0. The number of aromatic nitrogens is 5. The smallest absolute Gasteiger partial charge is 0.134 e. The van der Waals surface area contributed by atoms with Gasteiger partial charge in [-0.15, -0.1) is 5.10 Å². The molecule has 2 aromatic rings. The van der Waals surface area contributed by atoms with Gasteiger partial charge in [0.1, 0.15) is 17.5 Å². The van der Waals surface area contributed by atoms with Crippen LogP contribution in [0.1, 0.15) is 31.2 Å². The van der Waals surface area contributed by atoms with Gasteiger partial charge in [-0.2, -0.15) is 0 Å². The van der Waals surface area contributed by atoms with Crippen LogP contribution in [-0.4, -0.2) is 38.1 Å². The minimum atomic E-state index is 0.776. The molecule has 2 rings (SSSR count). The number of nitrogens with one attached hydrogen (secondary N) is 2. The van der Waals surface area contributed by atoms with E-state index in [9.17, 15) is 0 Å². The third-order valence-electron chi connectivity index (χ3n) is 3.13. The van der Waals surface area contributed by atoms with E-state index in [1.807, 2.05) is 24.7 Å². The third kappa shape index (κ3) is 4.40. The first-order valence-corrected chi connectivity index (χ1v) is 7.37. The van der Waals surface area contributed by atoms with Gasteiger partial charge in [0, 0.05) is 31.4 Å². The zero-order chi connectivity index (χ0) is 15.1. The van der Waals surface area contributed by atoms with Crippen LogP contribution in [0.2, 0.25) is 0 Å². The summed E-state index contributed by atoms with van der Waals surface area (Å²) in [4.78, 5) is 8.93. The zero-order valence-corrected chi connectivity index (χ0v) is 12.9. The van der Waals surface area contributed by atoms with E-state index in [0.717, 1.165) is 55.5 Å². The van der Waals surface area contributed by atoms with Crippen LogP contribution in [0.3, 0.4) is 0 Å². The Labute approximate surface area is 125 Å². The topological polar surface area (TPSA) is 80.5 Å². The molecular weight excluding hydrogens is 266 g/mol. The molecule has 0 amide bonds. The predicted octanol–water partition coefficient (Wildman–Crippen LogP) is 2.01. The quantitative estimate of drug-likeness (QED) is 0.724. The average Bonchev–Trinajstić information content (AvgIpc) is 2.98. The molecule has 0 aliphatic heterocycles. The molecule has 2 aromatic heterocycles. The molecule has 7 heteroatoms. The highest BCUT2D eigenvalue weighted by atomic mass is 15.4. The van der Waals surface area contributed by atoms with Crippen molar-refractivity contribution in [3.05, 3.63) is 23.8 Å². The Hall–Kier alpha value is -2.18. The predicted molar refractivity (Wildman–Crippen MR) is 83.4 cm³/mol. The van der Waals surface area contributed by atoms with Crippen molar-refractivity contribution in [3.63, 3.8) is 0 Å². The fourth-order valence-corrected chi connectivity index (χ4v) is 2.02. The lowest BCUT2D eigenvalue weighted by Crippen LogP contribution is -2.12. The summed E-state index contributed by atoms with van der Waals surface area (Å²) < 4.78 is 1.83. The summed E-state index contributed by atoms with van der Waals surface area (Å²) in [5.74, 6) is 2.60. The molecule has 0 unspecified atom stereocenters. The number of aryl methyl sites for hydroxylation is 2. The van der Waals surface area contributed by atoms with Gasteiger partial charge >= 0.3 is 0 Å². The minimum absolute atomic E-state index is 0.776. The summed E-state index contributed by atoms with van der Waals surface area (Å²) in [6.45, 7) is 8.69. The number of anilines is 2. The van der Waals surface area contributed by atoms with Gasteiger partial charge < -0.3 is 10.6 Å². The highest BCUT2D eigenvalue weighted by Gasteiger charge is 2.08. The van der Waals surface area contributed by atoms with Crippen LogP contribution < -0.4 is 10.6 Å². The second kappa shape index (κ2) is 7.56. The lowest BCUT2D eigenvalue weighted by molar-refractivity contribution is 0.569. The Morgan fingerprint density at radius 2 is 1.81 bits per heavy atom. The van der Waals surface area contributed by atoms with Crippen LogP contribution in [0.5, 0.6) is 0 Å². The molecule has 114 valence electrons. The van der Waals surface area contributed by atoms with Crippen LogP contribution in [0.25, 0.3) is 0 Å². The van der Waals surface area contributed by atoms with Crippen molar-refractivity contribution < 1.29 is 0 Å². The van der Waals surface area contributed by atoms with E-state index >= 15 is 0 Å². The van der Waals surface area contributed by atoms with Gasteiger partial charge in [0.2, 0.25) is 0 Å². The highest BCUT2D eigenvalue weighted by Crippen LogP contribution is 2.19. The molecule has 2 N–H and O–H groups in total. The highest BCUT2D eigenvalue weighted by molar-refractivity contribution is 5.57. The first-order valence-electron chi connectivity index (χ1n) is 7.37. The molecule has 7 nitrogen and oxygen atoms in total. The van der Waals surface area contributed by atoms with Gasteiger partial charge in [-0.3, -0.25) is 4.68 Å². The van der Waals surface area contributed by atoms with Gasteiger partial charge in [-0.1, -0.05) is 12.1 Å². The number of hydrogen-bond donors (Lipinski definition) is 2. The number of nitrogens with zero attached hydrogens (tertiary/aromatic N) is 5. The maximum Gasteiger partial charge on any atom is 0.134 e. The van der Waals surface area contributed by atoms with Crippen LogP contribution in [-0.2, 0) is 6.54 Å². The molecule has 21 heavy (non-hydrogen) atoms. The van der Waals surface area contributed by atoms with E-state index in [1.54, 1.807) is 6.20 Å². The van der Waals surface area contributed by atoms with Crippen molar-refractivity contribution in [2.24, 2.45) is 0 Å². The number of hydrogen-bond acceptors (Lipinski definition) is 6. The second-order valence-corrected chi connectivity index (χ2v) is 4.97. The van der Waals surface area contributed by atoms with Crippen molar-refractivity contribution in [1.82, 2.24) is 25.0 Å². The lowest BCUT2D eigenvalue weighted by atomic mass is 10.3. The molecule has 0 bridgehead atoms. The fraction of sp³-hybridized carbons (Fsp3) is 0.571. The Balaban J connectivity index is 1.91. The average molecular weight is 289 g/mol.